The molecule has 176 valence electrons. The van der Waals surface area contributed by atoms with Gasteiger partial charge < -0.3 is 15.5 Å². The highest BCUT2D eigenvalue weighted by Crippen LogP contribution is 2.34. The molecule has 2 aliphatic rings. The molecule has 8 nitrogen and oxygen atoms in total. The number of halogens is 1. The first kappa shape index (κ1) is 22.1. The van der Waals surface area contributed by atoms with Crippen LogP contribution in [0.25, 0.3) is 22.4 Å². The molecular formula is C25H27FN6O2. The third-order valence-corrected chi connectivity index (χ3v) is 6.53. The van der Waals surface area contributed by atoms with Gasteiger partial charge in [-0.2, -0.15) is 9.49 Å². The Morgan fingerprint density at radius 3 is 2.68 bits per heavy atom. The van der Waals surface area contributed by atoms with Gasteiger partial charge in [0.05, 0.1) is 11.3 Å². The van der Waals surface area contributed by atoms with E-state index in [1.54, 1.807) is 23.9 Å². The van der Waals surface area contributed by atoms with E-state index in [4.69, 9.17) is 0 Å². The first-order valence-electron chi connectivity index (χ1n) is 11.5. The molecule has 0 unspecified atom stereocenters. The van der Waals surface area contributed by atoms with E-state index in [0.29, 0.717) is 36.6 Å². The van der Waals surface area contributed by atoms with Crippen LogP contribution in [0.2, 0.25) is 0 Å². The van der Waals surface area contributed by atoms with Crippen molar-refractivity contribution in [3.63, 3.8) is 0 Å². The summed E-state index contributed by atoms with van der Waals surface area (Å²) in [5.74, 6) is -0.297. The van der Waals surface area contributed by atoms with E-state index in [2.05, 4.69) is 20.7 Å². The molecule has 0 fully saturated rings. The Bertz CT molecular complexity index is 1300. The Balaban J connectivity index is 1.55. The number of anilines is 1. The summed E-state index contributed by atoms with van der Waals surface area (Å²) in [6, 6.07) is 9.32. The zero-order valence-corrected chi connectivity index (χ0v) is 19.5. The number of nitrogens with zero attached hydrogens (tertiary/aromatic N) is 4. The van der Waals surface area contributed by atoms with Crippen LogP contribution in [0.4, 0.5) is 10.2 Å². The van der Waals surface area contributed by atoms with Gasteiger partial charge in [-0.05, 0) is 49.6 Å². The fourth-order valence-corrected chi connectivity index (χ4v) is 4.73. The third kappa shape index (κ3) is 3.81. The second kappa shape index (κ2) is 8.55. The molecule has 1 aromatic carbocycles. The molecule has 2 amide bonds. The van der Waals surface area contributed by atoms with Crippen molar-refractivity contribution in [1.82, 2.24) is 25.0 Å². The van der Waals surface area contributed by atoms with E-state index in [1.165, 1.54) is 0 Å². The number of hydrogen-bond donors (Lipinski definition) is 2. The number of carbonyl (C=O) groups excluding carboxylic acids is 2. The van der Waals surface area contributed by atoms with Gasteiger partial charge in [0.25, 0.3) is 5.91 Å². The van der Waals surface area contributed by atoms with Crippen LogP contribution in [-0.4, -0.2) is 57.7 Å². The molecule has 0 aliphatic carbocycles. The number of aromatic nitrogens is 3. The average Bonchev–Trinajstić information content (AvgIpc) is 3.13. The quantitative estimate of drug-likeness (QED) is 0.582. The van der Waals surface area contributed by atoms with Gasteiger partial charge in [0.15, 0.2) is 0 Å². The standard InChI is InChI=1S/C25H27FN6O2/c1-14(2)31-9-7-17-11-21(30-32(17)13-22(31)33)20-12-19(24(27-3)29-23(20)26)15-4-5-18-16(10-15)6-8-28-25(18)34/h4-5,10-12,14H,6-9,13H2,1-3H3,(H,27,29)(H,28,34). The highest BCUT2D eigenvalue weighted by Gasteiger charge is 2.25. The molecule has 0 radical (unpaired) electrons. The van der Waals surface area contributed by atoms with Crippen molar-refractivity contribution < 1.29 is 14.0 Å². The lowest BCUT2D eigenvalue weighted by Crippen LogP contribution is -2.38. The highest BCUT2D eigenvalue weighted by molar-refractivity contribution is 5.97. The van der Waals surface area contributed by atoms with Crippen molar-refractivity contribution in [1.29, 1.82) is 0 Å². The minimum atomic E-state index is -0.631. The number of benzene rings is 1. The summed E-state index contributed by atoms with van der Waals surface area (Å²) in [4.78, 5) is 30.8. The first-order chi connectivity index (χ1) is 16.4. The second-order valence-corrected chi connectivity index (χ2v) is 8.96. The number of amides is 2. The predicted octanol–water partition coefficient (Wildman–Crippen LogP) is 2.87. The Morgan fingerprint density at radius 1 is 1.09 bits per heavy atom. The maximum atomic E-state index is 15.1. The fraction of sp³-hybridized carbons (Fsp3) is 0.360. The molecular weight excluding hydrogens is 435 g/mol. The van der Waals surface area contributed by atoms with Crippen LogP contribution in [-0.2, 0) is 24.2 Å². The van der Waals surface area contributed by atoms with Gasteiger partial charge in [0.1, 0.15) is 12.4 Å². The number of rotatable bonds is 4. The smallest absolute Gasteiger partial charge is 0.251 e. The molecule has 0 saturated heterocycles. The topological polar surface area (TPSA) is 92.2 Å². The zero-order chi connectivity index (χ0) is 24.0. The Morgan fingerprint density at radius 2 is 1.91 bits per heavy atom. The minimum absolute atomic E-state index is 0.00585. The molecule has 0 saturated carbocycles. The average molecular weight is 463 g/mol. The van der Waals surface area contributed by atoms with Crippen LogP contribution in [0.15, 0.2) is 30.3 Å². The highest BCUT2D eigenvalue weighted by atomic mass is 19.1. The zero-order valence-electron chi connectivity index (χ0n) is 19.5. The Kier molecular flexibility index (Phi) is 5.55. The van der Waals surface area contributed by atoms with Gasteiger partial charge in [-0.1, -0.05) is 12.1 Å². The van der Waals surface area contributed by atoms with Crippen LogP contribution < -0.4 is 10.6 Å². The van der Waals surface area contributed by atoms with Gasteiger partial charge >= 0.3 is 0 Å². The molecule has 3 aromatic rings. The molecule has 0 spiro atoms. The SMILES string of the molecule is CNc1nc(F)c(-c2cc3n(n2)CC(=O)N(C(C)C)CC3)cc1-c1ccc2c(c1)CCNC2=O. The number of nitrogens with one attached hydrogen (secondary N) is 2. The van der Waals surface area contributed by atoms with Crippen molar-refractivity contribution in [3.8, 4) is 22.4 Å². The van der Waals surface area contributed by atoms with Gasteiger partial charge in [-0.3, -0.25) is 14.3 Å². The van der Waals surface area contributed by atoms with Crippen LogP contribution in [0.3, 0.4) is 0 Å². The van der Waals surface area contributed by atoms with Gasteiger partial charge in [0, 0.05) is 49.4 Å². The summed E-state index contributed by atoms with van der Waals surface area (Å²) in [5.41, 5.74) is 4.80. The van der Waals surface area contributed by atoms with Crippen LogP contribution in [0.1, 0.15) is 35.5 Å². The summed E-state index contributed by atoms with van der Waals surface area (Å²) in [5, 5.41) is 10.4. The van der Waals surface area contributed by atoms with Gasteiger partial charge in [-0.15, -0.1) is 0 Å². The van der Waals surface area contributed by atoms with Crippen molar-refractivity contribution in [2.24, 2.45) is 0 Å². The van der Waals surface area contributed by atoms with E-state index in [9.17, 15) is 9.59 Å². The Labute approximate surface area is 197 Å². The molecule has 2 aromatic heterocycles. The number of hydrogen-bond acceptors (Lipinski definition) is 5. The fourth-order valence-electron chi connectivity index (χ4n) is 4.73. The molecule has 0 atom stereocenters. The summed E-state index contributed by atoms with van der Waals surface area (Å²) in [6.45, 7) is 5.33. The normalized spacial score (nSPS) is 15.6. The lowest BCUT2D eigenvalue weighted by Gasteiger charge is -2.24. The molecule has 2 N–H and O–H groups in total. The van der Waals surface area contributed by atoms with Crippen LogP contribution in [0.5, 0.6) is 0 Å². The summed E-state index contributed by atoms with van der Waals surface area (Å²) >= 11 is 0. The number of fused-ring (bicyclic) bond motifs is 2. The molecule has 34 heavy (non-hydrogen) atoms. The van der Waals surface area contributed by atoms with Gasteiger partial charge in [0.2, 0.25) is 11.9 Å². The van der Waals surface area contributed by atoms with E-state index in [-0.39, 0.29) is 30.0 Å². The van der Waals surface area contributed by atoms with Crippen LogP contribution in [0, 0.1) is 5.95 Å². The molecule has 2 aliphatic heterocycles. The maximum Gasteiger partial charge on any atom is 0.251 e. The first-order valence-corrected chi connectivity index (χ1v) is 11.5. The molecule has 0 bridgehead atoms. The summed E-state index contributed by atoms with van der Waals surface area (Å²) < 4.78 is 16.8. The number of pyridine rings is 1. The van der Waals surface area contributed by atoms with E-state index >= 15 is 4.39 Å². The van der Waals surface area contributed by atoms with Crippen molar-refractivity contribution in [2.75, 3.05) is 25.5 Å². The lowest BCUT2D eigenvalue weighted by molar-refractivity contribution is -0.133. The summed E-state index contributed by atoms with van der Waals surface area (Å²) in [7, 11) is 1.70. The van der Waals surface area contributed by atoms with Crippen molar-refractivity contribution >= 4 is 17.6 Å². The molecule has 9 heteroatoms. The van der Waals surface area contributed by atoms with Crippen molar-refractivity contribution in [2.45, 2.75) is 39.3 Å². The lowest BCUT2D eigenvalue weighted by atomic mass is 9.94. The second-order valence-electron chi connectivity index (χ2n) is 8.96. The molecule has 5 rings (SSSR count). The van der Waals surface area contributed by atoms with Crippen LogP contribution >= 0.6 is 0 Å². The van der Waals surface area contributed by atoms with E-state index < -0.39 is 5.95 Å². The Hall–Kier alpha value is -3.75. The number of carbonyl (C=O) groups is 2. The monoisotopic (exact) mass is 462 g/mol. The minimum Gasteiger partial charge on any atom is -0.373 e. The largest absolute Gasteiger partial charge is 0.373 e. The van der Waals surface area contributed by atoms with Crippen molar-refractivity contribution in [3.05, 3.63) is 53.1 Å². The van der Waals surface area contributed by atoms with E-state index in [1.807, 2.05) is 36.9 Å². The maximum absolute atomic E-state index is 15.1. The molecule has 4 heterocycles. The predicted molar refractivity (Wildman–Crippen MR) is 127 cm³/mol. The van der Waals surface area contributed by atoms with E-state index in [0.717, 1.165) is 28.8 Å². The third-order valence-electron chi connectivity index (χ3n) is 6.53. The summed E-state index contributed by atoms with van der Waals surface area (Å²) in [6.07, 6.45) is 1.39. The van der Waals surface area contributed by atoms with Gasteiger partial charge in [-0.25, -0.2) is 4.98 Å².